The second-order valence-electron chi connectivity index (χ2n) is 24.9. The molecule has 4 N–H and O–H groups in total. The largest absolute Gasteiger partial charge is 0.493 e. The Morgan fingerprint density at radius 2 is 1.22 bits per heavy atom. The molecule has 2 aromatic carbocycles. The summed E-state index contributed by atoms with van der Waals surface area (Å²) in [6, 6.07) is 8.29. The molecule has 0 saturated heterocycles. The van der Waals surface area contributed by atoms with Gasteiger partial charge >= 0.3 is 0 Å². The lowest BCUT2D eigenvalue weighted by Crippen LogP contribution is -2.53. The van der Waals surface area contributed by atoms with Crippen molar-refractivity contribution < 1.29 is 95.2 Å². The van der Waals surface area contributed by atoms with Crippen molar-refractivity contribution in [3.05, 3.63) is 113 Å². The van der Waals surface area contributed by atoms with Crippen LogP contribution in [0.25, 0.3) is 5.57 Å². The number of carbonyl (C=O) groups is 8. The molecule has 29 heteroatoms. The fourth-order valence-electron chi connectivity index (χ4n) is 11.1. The summed E-state index contributed by atoms with van der Waals surface area (Å²) in [7, 11) is 3.01. The van der Waals surface area contributed by atoms with Gasteiger partial charge in [0.2, 0.25) is 23.6 Å². The van der Waals surface area contributed by atoms with Gasteiger partial charge < -0.3 is 87.9 Å². The van der Waals surface area contributed by atoms with Gasteiger partial charge in [-0.1, -0.05) is 32.6 Å². The van der Waals surface area contributed by atoms with E-state index in [0.29, 0.717) is 163 Å². The lowest BCUT2D eigenvalue weighted by molar-refractivity contribution is -0.137. The molecule has 554 valence electrons. The van der Waals surface area contributed by atoms with E-state index in [1.807, 2.05) is 30.7 Å². The van der Waals surface area contributed by atoms with Crippen molar-refractivity contribution in [3.8, 4) is 11.5 Å². The van der Waals surface area contributed by atoms with Gasteiger partial charge in [0, 0.05) is 99.2 Å². The highest BCUT2D eigenvalue weighted by molar-refractivity contribution is 6.13. The fourth-order valence-corrected chi connectivity index (χ4v) is 11.1. The van der Waals surface area contributed by atoms with Crippen LogP contribution in [0.3, 0.4) is 0 Å². The number of imide groups is 1. The Kier molecular flexibility index (Phi) is 31.8. The van der Waals surface area contributed by atoms with Gasteiger partial charge in [-0.2, -0.15) is 0 Å². The molecule has 0 unspecified atom stereocenters. The van der Waals surface area contributed by atoms with E-state index in [9.17, 15) is 38.4 Å². The summed E-state index contributed by atoms with van der Waals surface area (Å²) in [6.07, 6.45) is 15.5. The maximum absolute atomic E-state index is 14.0. The molecular formula is C73H97N9O20. The smallest absolute Gasteiger partial charge is 0.260 e. The fraction of sp³-hybridized carbons (Fsp3) is 0.534. The summed E-state index contributed by atoms with van der Waals surface area (Å²) in [5, 5.41) is 11.0. The lowest BCUT2D eigenvalue weighted by atomic mass is 10.0. The Hall–Kier alpha value is -8.94. The Morgan fingerprint density at radius 1 is 0.637 bits per heavy atom. The van der Waals surface area contributed by atoms with Crippen LogP contribution in [0, 0.1) is 11.8 Å². The Balaban J connectivity index is 0.626. The zero-order valence-corrected chi connectivity index (χ0v) is 59.2. The first-order valence-electron chi connectivity index (χ1n) is 34.6. The van der Waals surface area contributed by atoms with Crippen molar-refractivity contribution in [2.45, 2.75) is 96.8 Å². The Bertz CT molecular complexity index is 3450. The van der Waals surface area contributed by atoms with Gasteiger partial charge in [0.1, 0.15) is 12.1 Å². The third-order valence-corrected chi connectivity index (χ3v) is 17.0. The number of amides is 8. The molecule has 0 radical (unpaired) electrons. The van der Waals surface area contributed by atoms with E-state index in [1.54, 1.807) is 74.1 Å². The number of allylic oxidation sites excluding steroid dienone is 1. The van der Waals surface area contributed by atoms with Gasteiger partial charge in [-0.15, -0.1) is 0 Å². The van der Waals surface area contributed by atoms with E-state index in [0.717, 1.165) is 22.5 Å². The molecule has 29 nitrogen and oxygen atoms in total. The summed E-state index contributed by atoms with van der Waals surface area (Å²) >= 11 is 0. The van der Waals surface area contributed by atoms with Gasteiger partial charge in [0.05, 0.1) is 162 Å². The van der Waals surface area contributed by atoms with Crippen LogP contribution in [0.4, 0.5) is 11.4 Å². The zero-order valence-electron chi connectivity index (χ0n) is 59.2. The van der Waals surface area contributed by atoms with Crippen molar-refractivity contribution in [1.29, 1.82) is 0 Å². The average Bonchev–Trinajstić information content (AvgIpc) is 1.55. The van der Waals surface area contributed by atoms with Gasteiger partial charge in [0.25, 0.3) is 23.6 Å². The Morgan fingerprint density at radius 3 is 1.80 bits per heavy atom. The number of ether oxygens (including phenoxy) is 12. The molecule has 8 rings (SSSR count). The lowest BCUT2D eigenvalue weighted by Gasteiger charge is -2.24. The summed E-state index contributed by atoms with van der Waals surface area (Å²) < 4.78 is 67.5. The highest BCUT2D eigenvalue weighted by Gasteiger charge is 2.39. The molecule has 5 aliphatic heterocycles. The molecule has 1 fully saturated rings. The SMILES string of the molecule is C=C(OC)/C(=C\C1=C(C)C(=O)N2C=C(c3ccc(NC(=O)[C@H](C)NC(=O)[C@@H](NC(=O)CCOCCOCCOCCOCCOCCOCCOCCOCCNC(=O)CCN4C(=O)C=CC4=O)C(C)C)cc3)C[C@H]2C=N1)OCCCOc1cc2c(cc1OC)C(=O)N1C=C(C3CC3)C[C@H]1C=N2. The van der Waals surface area contributed by atoms with Crippen LogP contribution in [-0.4, -0.2) is 245 Å². The topological polar surface area (TPSA) is 330 Å². The third-order valence-electron chi connectivity index (χ3n) is 17.0. The number of methoxy groups -OCH3 is 2. The molecule has 0 bridgehead atoms. The van der Waals surface area contributed by atoms with Crippen LogP contribution in [-0.2, 0) is 80.9 Å². The quantitative estimate of drug-likeness (QED) is 0.0283. The highest BCUT2D eigenvalue weighted by atomic mass is 16.6. The van der Waals surface area contributed by atoms with E-state index >= 15 is 0 Å². The molecule has 102 heavy (non-hydrogen) atoms. The third kappa shape index (κ3) is 24.4. The monoisotopic (exact) mass is 1420 g/mol. The minimum Gasteiger partial charge on any atom is -0.493 e. The Labute approximate surface area is 595 Å². The maximum atomic E-state index is 14.0. The normalized spacial score (nSPS) is 17.6. The van der Waals surface area contributed by atoms with Crippen LogP contribution >= 0.6 is 0 Å². The first kappa shape index (κ1) is 78.8. The average molecular weight is 1420 g/mol. The number of anilines is 1. The second kappa shape index (κ2) is 41.2. The molecule has 8 amide bonds. The van der Waals surface area contributed by atoms with Crippen molar-refractivity contribution in [1.82, 2.24) is 30.7 Å². The van der Waals surface area contributed by atoms with Crippen LogP contribution in [0.2, 0.25) is 0 Å². The van der Waals surface area contributed by atoms with Crippen molar-refractivity contribution in [2.24, 2.45) is 21.8 Å². The van der Waals surface area contributed by atoms with E-state index in [4.69, 9.17) is 66.8 Å². The van der Waals surface area contributed by atoms with Crippen molar-refractivity contribution >= 4 is 76.6 Å². The number of aliphatic imine (C=N–C) groups is 2. The number of benzene rings is 2. The number of fused-ring (bicyclic) bond motifs is 3. The molecule has 0 spiro atoms. The standard InChI is InChI=1S/C73H97N9O20/c1-48(2)69(79-66(84)18-23-93-25-27-95-29-31-97-33-35-99-37-38-100-36-34-98-32-30-96-28-26-94-24-19-74-65(83)17-20-80-67(85)15-16-68(80)86)71(88)77-50(4)70(87)78-56-13-11-53(12-14-56)54-39-57-44-75-60(49(3)72(89)81(57)46-54)42-62(51(5)91-6)101-21-8-22-102-64-43-61-59(41-63(64)92-7)73(90)82-47-55(52-9-10-52)40-58(82)45-76-61/h11-16,41-48,50,52,57-58,69H,5,8-10,17-40H2,1-4,6-7H3,(H,74,83)(H,77,88)(H,78,87)(H,79,84)/b62-42+/t50-,57-,58-,69-/m0/s1. The maximum Gasteiger partial charge on any atom is 0.260 e. The molecule has 1 aliphatic carbocycles. The number of carbonyl (C=O) groups excluding carboxylic acids is 8. The predicted octanol–water partition coefficient (Wildman–Crippen LogP) is 5.29. The van der Waals surface area contributed by atoms with Gasteiger partial charge in [-0.05, 0) is 79.9 Å². The highest BCUT2D eigenvalue weighted by Crippen LogP contribution is 2.44. The zero-order chi connectivity index (χ0) is 72.8. The van der Waals surface area contributed by atoms with Crippen LogP contribution in [0.5, 0.6) is 11.5 Å². The summed E-state index contributed by atoms with van der Waals surface area (Å²) in [5.41, 5.74) is 5.28. The number of rotatable bonds is 48. The van der Waals surface area contributed by atoms with Crippen molar-refractivity contribution in [3.63, 3.8) is 0 Å². The molecule has 0 aromatic heterocycles. The number of nitrogens with zero attached hydrogens (tertiary/aromatic N) is 5. The number of hydrogen-bond donors (Lipinski definition) is 4. The number of nitrogens with one attached hydrogen (secondary N) is 4. The molecule has 6 aliphatic rings. The van der Waals surface area contributed by atoms with E-state index < -0.39 is 35.7 Å². The molecule has 5 heterocycles. The molecular weight excluding hydrogens is 1320 g/mol. The van der Waals surface area contributed by atoms with Crippen molar-refractivity contribution in [2.75, 3.05) is 152 Å². The number of hydrogen-bond acceptors (Lipinski definition) is 22. The first-order valence-corrected chi connectivity index (χ1v) is 34.6. The van der Waals surface area contributed by atoms with Crippen LogP contribution < -0.4 is 30.7 Å². The van der Waals surface area contributed by atoms with E-state index in [2.05, 4.69) is 27.8 Å². The summed E-state index contributed by atoms with van der Waals surface area (Å²) in [5.74, 6) is -1.11. The molecule has 4 atom stereocenters. The molecule has 1 saturated carbocycles. The predicted molar refractivity (Wildman–Crippen MR) is 375 cm³/mol. The first-order chi connectivity index (χ1) is 49.4. The van der Waals surface area contributed by atoms with E-state index in [-0.39, 0.29) is 93.2 Å². The minimum atomic E-state index is -0.941. The van der Waals surface area contributed by atoms with E-state index in [1.165, 1.54) is 44.8 Å². The van der Waals surface area contributed by atoms with Crippen LogP contribution in [0.1, 0.15) is 88.6 Å². The van der Waals surface area contributed by atoms with Gasteiger partial charge in [-0.3, -0.25) is 53.2 Å². The van der Waals surface area contributed by atoms with Gasteiger partial charge in [0.15, 0.2) is 23.0 Å². The minimum absolute atomic E-state index is 0.0129. The summed E-state index contributed by atoms with van der Waals surface area (Å²) in [4.78, 5) is 116. The second-order valence-corrected chi connectivity index (χ2v) is 24.9. The summed E-state index contributed by atoms with van der Waals surface area (Å²) in [6.45, 7) is 17.3. The van der Waals surface area contributed by atoms with Gasteiger partial charge in [-0.25, -0.2) is 0 Å². The molecule has 2 aromatic rings. The van der Waals surface area contributed by atoms with Crippen LogP contribution in [0.15, 0.2) is 112 Å².